The van der Waals surface area contributed by atoms with Crippen molar-refractivity contribution in [2.45, 2.75) is 13.5 Å². The Bertz CT molecular complexity index is 615. The minimum Gasteiger partial charge on any atom is -0.382 e. The molecule has 1 aromatic heterocycles. The molecule has 0 bridgehead atoms. The highest BCUT2D eigenvalue weighted by Crippen LogP contribution is 2.10. The molecule has 0 saturated heterocycles. The molecule has 0 aliphatic carbocycles. The first kappa shape index (κ1) is 14.5. The third kappa shape index (κ3) is 4.04. The second kappa shape index (κ2) is 6.49. The van der Waals surface area contributed by atoms with E-state index in [9.17, 15) is 0 Å². The van der Waals surface area contributed by atoms with Gasteiger partial charge in [-0.05, 0) is 31.3 Å². The van der Waals surface area contributed by atoms with Gasteiger partial charge in [0.15, 0.2) is 5.11 Å². The van der Waals surface area contributed by atoms with Crippen molar-refractivity contribution in [1.29, 1.82) is 0 Å². The van der Waals surface area contributed by atoms with Crippen LogP contribution < -0.4 is 16.4 Å². The van der Waals surface area contributed by atoms with Gasteiger partial charge in [-0.25, -0.2) is 9.97 Å². The summed E-state index contributed by atoms with van der Waals surface area (Å²) in [5.74, 6) is 0.333. The van der Waals surface area contributed by atoms with Crippen molar-refractivity contribution in [3.05, 3.63) is 46.9 Å². The summed E-state index contributed by atoms with van der Waals surface area (Å²) in [6.07, 6.45) is 1.41. The molecule has 1 heterocycles. The molecule has 7 heteroatoms. The summed E-state index contributed by atoms with van der Waals surface area (Å²) >= 11 is 11.0. The zero-order valence-corrected chi connectivity index (χ0v) is 12.4. The smallest absolute Gasteiger partial charge is 0.171 e. The summed E-state index contributed by atoms with van der Waals surface area (Å²) in [5.41, 5.74) is 8.38. The zero-order valence-electron chi connectivity index (χ0n) is 10.9. The zero-order chi connectivity index (χ0) is 14.5. The maximum atomic E-state index is 5.77. The van der Waals surface area contributed by atoms with Crippen molar-refractivity contribution < 1.29 is 0 Å². The minimum atomic E-state index is 0.299. The lowest BCUT2D eigenvalue weighted by Crippen LogP contribution is -2.28. The van der Waals surface area contributed by atoms with Crippen LogP contribution in [0.2, 0.25) is 5.15 Å². The van der Waals surface area contributed by atoms with Crippen LogP contribution in [0.1, 0.15) is 11.3 Å². The number of hydrogen-bond acceptors (Lipinski definition) is 4. The van der Waals surface area contributed by atoms with E-state index in [1.54, 1.807) is 0 Å². The summed E-state index contributed by atoms with van der Waals surface area (Å²) in [7, 11) is 0. The van der Waals surface area contributed by atoms with E-state index in [1.165, 1.54) is 11.8 Å². The molecular weight excluding hydrogens is 294 g/mol. The van der Waals surface area contributed by atoms with Crippen molar-refractivity contribution in [2.24, 2.45) is 0 Å². The van der Waals surface area contributed by atoms with E-state index in [2.05, 4.69) is 20.6 Å². The van der Waals surface area contributed by atoms with E-state index < -0.39 is 0 Å². The Labute approximate surface area is 127 Å². The Morgan fingerprint density at radius 1 is 1.35 bits per heavy atom. The average molecular weight is 308 g/mol. The molecule has 20 heavy (non-hydrogen) atoms. The molecule has 0 saturated carbocycles. The van der Waals surface area contributed by atoms with Crippen LogP contribution in [0.25, 0.3) is 0 Å². The number of hydrogen-bond donors (Lipinski definition) is 3. The SMILES string of the molecule is Cc1ccc(NC(=S)NCc2nc(Cl)cnc2N)cc1. The van der Waals surface area contributed by atoms with E-state index in [0.717, 1.165) is 5.69 Å². The minimum absolute atomic E-state index is 0.299. The number of nitrogens with zero attached hydrogens (tertiary/aromatic N) is 2. The fourth-order valence-electron chi connectivity index (χ4n) is 1.52. The lowest BCUT2D eigenvalue weighted by molar-refractivity contribution is 0.875. The number of benzene rings is 1. The van der Waals surface area contributed by atoms with Gasteiger partial charge in [0.2, 0.25) is 0 Å². The van der Waals surface area contributed by atoms with Gasteiger partial charge in [0, 0.05) is 5.69 Å². The van der Waals surface area contributed by atoms with Crippen molar-refractivity contribution in [1.82, 2.24) is 15.3 Å². The summed E-state index contributed by atoms with van der Waals surface area (Å²) < 4.78 is 0. The monoisotopic (exact) mass is 307 g/mol. The standard InChI is InChI=1S/C13H14ClN5S/c1-8-2-4-9(5-3-8)18-13(20)17-6-10-12(15)16-7-11(14)19-10/h2-5,7H,6H2,1H3,(H2,15,16)(H2,17,18,20). The number of aryl methyl sites for hydroxylation is 1. The molecular formula is C13H14ClN5S. The molecule has 0 amide bonds. The first-order chi connectivity index (χ1) is 9.54. The fourth-order valence-corrected chi connectivity index (χ4v) is 1.86. The number of thiocarbonyl (C=S) groups is 1. The van der Waals surface area contributed by atoms with Crippen LogP contribution in [0.5, 0.6) is 0 Å². The van der Waals surface area contributed by atoms with Crippen LogP contribution in [-0.2, 0) is 6.54 Å². The molecule has 4 N–H and O–H groups in total. The van der Waals surface area contributed by atoms with Crippen LogP contribution in [0.15, 0.2) is 30.5 Å². The van der Waals surface area contributed by atoms with Gasteiger partial charge in [0.05, 0.1) is 12.7 Å². The van der Waals surface area contributed by atoms with Gasteiger partial charge in [-0.3, -0.25) is 0 Å². The highest BCUT2D eigenvalue weighted by molar-refractivity contribution is 7.80. The van der Waals surface area contributed by atoms with E-state index in [1.807, 2.05) is 31.2 Å². The van der Waals surface area contributed by atoms with Gasteiger partial charge < -0.3 is 16.4 Å². The fraction of sp³-hybridized carbons (Fsp3) is 0.154. The van der Waals surface area contributed by atoms with E-state index in [-0.39, 0.29) is 0 Å². The molecule has 0 aliphatic rings. The Hall–Kier alpha value is -1.92. The summed E-state index contributed by atoms with van der Waals surface area (Å²) in [6.45, 7) is 2.39. The van der Waals surface area contributed by atoms with E-state index in [0.29, 0.717) is 28.3 Å². The van der Waals surface area contributed by atoms with Gasteiger partial charge in [-0.15, -0.1) is 0 Å². The van der Waals surface area contributed by atoms with E-state index in [4.69, 9.17) is 29.6 Å². The lowest BCUT2D eigenvalue weighted by Gasteiger charge is -2.11. The second-order valence-electron chi connectivity index (χ2n) is 4.20. The van der Waals surface area contributed by atoms with Crippen molar-refractivity contribution in [2.75, 3.05) is 11.1 Å². The number of halogens is 1. The molecule has 0 unspecified atom stereocenters. The van der Waals surface area contributed by atoms with E-state index >= 15 is 0 Å². The molecule has 104 valence electrons. The molecule has 0 spiro atoms. The summed E-state index contributed by atoms with van der Waals surface area (Å²) in [4.78, 5) is 8.02. The maximum Gasteiger partial charge on any atom is 0.171 e. The number of anilines is 2. The number of nitrogens with one attached hydrogen (secondary N) is 2. The summed E-state index contributed by atoms with van der Waals surface area (Å²) in [5, 5.41) is 6.86. The molecule has 5 nitrogen and oxygen atoms in total. The van der Waals surface area contributed by atoms with Gasteiger partial charge in [0.1, 0.15) is 16.7 Å². The van der Waals surface area contributed by atoms with Crippen LogP contribution in [-0.4, -0.2) is 15.1 Å². The van der Waals surface area contributed by atoms with Crippen molar-refractivity contribution >= 4 is 40.4 Å². The van der Waals surface area contributed by atoms with Gasteiger partial charge in [-0.2, -0.15) is 0 Å². The maximum absolute atomic E-state index is 5.77. The van der Waals surface area contributed by atoms with Crippen molar-refractivity contribution in [3.63, 3.8) is 0 Å². The predicted octanol–water partition coefficient (Wildman–Crippen LogP) is 2.51. The van der Waals surface area contributed by atoms with Crippen LogP contribution in [0, 0.1) is 6.92 Å². The number of rotatable bonds is 3. The van der Waals surface area contributed by atoms with Crippen molar-refractivity contribution in [3.8, 4) is 0 Å². The van der Waals surface area contributed by atoms with Gasteiger partial charge in [0.25, 0.3) is 0 Å². The lowest BCUT2D eigenvalue weighted by atomic mass is 10.2. The first-order valence-electron chi connectivity index (χ1n) is 5.93. The Morgan fingerprint density at radius 2 is 2.05 bits per heavy atom. The Kier molecular flexibility index (Phi) is 4.70. The summed E-state index contributed by atoms with van der Waals surface area (Å²) in [6, 6.07) is 7.92. The number of nitrogens with two attached hydrogens (primary N) is 1. The Balaban J connectivity index is 1.92. The van der Waals surface area contributed by atoms with Gasteiger partial charge >= 0.3 is 0 Å². The third-order valence-electron chi connectivity index (χ3n) is 2.57. The first-order valence-corrected chi connectivity index (χ1v) is 6.71. The predicted molar refractivity (Wildman–Crippen MR) is 85.7 cm³/mol. The highest BCUT2D eigenvalue weighted by atomic mass is 35.5. The molecule has 2 aromatic rings. The van der Waals surface area contributed by atoms with Crippen LogP contribution in [0.3, 0.4) is 0 Å². The third-order valence-corrected chi connectivity index (χ3v) is 3.00. The highest BCUT2D eigenvalue weighted by Gasteiger charge is 2.05. The number of aromatic nitrogens is 2. The average Bonchev–Trinajstić information content (AvgIpc) is 2.42. The Morgan fingerprint density at radius 3 is 2.75 bits per heavy atom. The molecule has 0 aliphatic heterocycles. The van der Waals surface area contributed by atoms with Gasteiger partial charge in [-0.1, -0.05) is 29.3 Å². The van der Waals surface area contributed by atoms with Crippen LogP contribution in [0.4, 0.5) is 11.5 Å². The second-order valence-corrected chi connectivity index (χ2v) is 4.99. The quantitative estimate of drug-likeness (QED) is 0.757. The largest absolute Gasteiger partial charge is 0.382 e. The van der Waals surface area contributed by atoms with Crippen LogP contribution >= 0.6 is 23.8 Å². The topological polar surface area (TPSA) is 75.9 Å². The molecule has 2 rings (SSSR count). The molecule has 0 radical (unpaired) electrons. The molecule has 1 aromatic carbocycles. The number of nitrogen functional groups attached to an aromatic ring is 1. The normalized spacial score (nSPS) is 10.1. The molecule has 0 atom stereocenters. The molecule has 0 fully saturated rings.